The summed E-state index contributed by atoms with van der Waals surface area (Å²) >= 11 is 6.20. The number of carbonyl (C=O) groups is 2. The SMILES string of the molecule is O=C1NC[C@@]2(CCCN(C(=O)Cc3ccccc3Cl)C2)Oc2ccccc21. The molecule has 1 saturated heterocycles. The number of ether oxygens (including phenoxy) is 1. The van der Waals surface area contributed by atoms with E-state index in [0.29, 0.717) is 36.0 Å². The van der Waals surface area contributed by atoms with Crippen LogP contribution in [0.3, 0.4) is 0 Å². The van der Waals surface area contributed by atoms with Crippen molar-refractivity contribution in [3.63, 3.8) is 0 Å². The smallest absolute Gasteiger partial charge is 0.255 e. The molecule has 0 unspecified atom stereocenters. The zero-order chi connectivity index (χ0) is 18.9. The van der Waals surface area contributed by atoms with Gasteiger partial charge in [0, 0.05) is 11.6 Å². The van der Waals surface area contributed by atoms with Crippen LogP contribution in [-0.4, -0.2) is 41.9 Å². The van der Waals surface area contributed by atoms with Gasteiger partial charge in [0.25, 0.3) is 5.91 Å². The molecule has 0 aromatic heterocycles. The van der Waals surface area contributed by atoms with Crippen LogP contribution in [-0.2, 0) is 11.2 Å². The molecule has 140 valence electrons. The number of amides is 2. The van der Waals surface area contributed by atoms with Crippen LogP contribution in [0.15, 0.2) is 48.5 Å². The summed E-state index contributed by atoms with van der Waals surface area (Å²) in [5.41, 5.74) is 0.759. The van der Waals surface area contributed by atoms with Crippen molar-refractivity contribution in [2.24, 2.45) is 0 Å². The molecule has 0 bridgehead atoms. The first-order valence-corrected chi connectivity index (χ1v) is 9.52. The van der Waals surface area contributed by atoms with Gasteiger partial charge in [-0.15, -0.1) is 0 Å². The van der Waals surface area contributed by atoms with Gasteiger partial charge in [0.15, 0.2) is 0 Å². The van der Waals surface area contributed by atoms with E-state index in [9.17, 15) is 9.59 Å². The van der Waals surface area contributed by atoms with Crippen molar-refractivity contribution in [1.29, 1.82) is 0 Å². The predicted molar refractivity (Wildman–Crippen MR) is 103 cm³/mol. The monoisotopic (exact) mass is 384 g/mol. The Morgan fingerprint density at radius 2 is 1.96 bits per heavy atom. The Hall–Kier alpha value is -2.53. The van der Waals surface area contributed by atoms with E-state index in [1.807, 2.05) is 41.3 Å². The van der Waals surface area contributed by atoms with Gasteiger partial charge in [0.05, 0.1) is 25.1 Å². The highest BCUT2D eigenvalue weighted by atomic mass is 35.5. The summed E-state index contributed by atoms with van der Waals surface area (Å²) in [5.74, 6) is 0.463. The van der Waals surface area contributed by atoms with Gasteiger partial charge in [-0.05, 0) is 36.6 Å². The molecule has 0 aliphatic carbocycles. The number of nitrogens with zero attached hydrogens (tertiary/aromatic N) is 1. The van der Waals surface area contributed by atoms with E-state index in [4.69, 9.17) is 16.3 Å². The van der Waals surface area contributed by atoms with Crippen LogP contribution in [0.1, 0.15) is 28.8 Å². The van der Waals surface area contributed by atoms with E-state index in [-0.39, 0.29) is 18.2 Å². The lowest BCUT2D eigenvalue weighted by Crippen LogP contribution is -2.58. The topological polar surface area (TPSA) is 58.6 Å². The number of para-hydroxylation sites is 1. The number of hydrogen-bond donors (Lipinski definition) is 1. The third-order valence-corrected chi connectivity index (χ3v) is 5.59. The average molecular weight is 385 g/mol. The van der Waals surface area contributed by atoms with Gasteiger partial charge in [-0.1, -0.05) is 41.9 Å². The standard InChI is InChI=1S/C21H21ClN2O3/c22-17-8-3-1-6-15(17)12-19(25)24-11-5-10-21(14-24)13-23-20(26)16-7-2-4-9-18(16)27-21/h1-4,6-9H,5,10-14H2,(H,23,26)/t21-/m1/s1. The summed E-state index contributed by atoms with van der Waals surface area (Å²) in [6.45, 7) is 1.52. The fourth-order valence-corrected chi connectivity index (χ4v) is 4.01. The number of fused-ring (bicyclic) bond motifs is 1. The van der Waals surface area contributed by atoms with Crippen molar-refractivity contribution in [2.45, 2.75) is 24.9 Å². The fourth-order valence-electron chi connectivity index (χ4n) is 3.80. The third-order valence-electron chi connectivity index (χ3n) is 5.22. The number of carbonyl (C=O) groups excluding carboxylic acids is 2. The number of nitrogens with one attached hydrogen (secondary N) is 1. The van der Waals surface area contributed by atoms with Crippen LogP contribution < -0.4 is 10.1 Å². The lowest BCUT2D eigenvalue weighted by molar-refractivity contribution is -0.136. The summed E-state index contributed by atoms with van der Waals surface area (Å²) < 4.78 is 6.31. The van der Waals surface area contributed by atoms with Crippen LogP contribution in [0.4, 0.5) is 0 Å². The number of piperidine rings is 1. The van der Waals surface area contributed by atoms with E-state index in [0.717, 1.165) is 18.4 Å². The minimum absolute atomic E-state index is 0.0228. The number of halogens is 1. The molecule has 1 atom stereocenters. The second-order valence-corrected chi connectivity index (χ2v) is 7.56. The third kappa shape index (κ3) is 3.65. The Morgan fingerprint density at radius 1 is 1.19 bits per heavy atom. The van der Waals surface area contributed by atoms with Crippen LogP contribution >= 0.6 is 11.6 Å². The second kappa shape index (κ2) is 7.24. The maximum Gasteiger partial charge on any atom is 0.255 e. The molecular formula is C21H21ClN2O3. The Morgan fingerprint density at radius 3 is 2.81 bits per heavy atom. The zero-order valence-corrected chi connectivity index (χ0v) is 15.7. The highest BCUT2D eigenvalue weighted by Crippen LogP contribution is 2.32. The largest absolute Gasteiger partial charge is 0.483 e. The van der Waals surface area contributed by atoms with E-state index >= 15 is 0 Å². The molecule has 2 aromatic carbocycles. The van der Waals surface area contributed by atoms with Crippen LogP contribution in [0.2, 0.25) is 5.02 Å². The number of likely N-dealkylation sites (tertiary alicyclic amines) is 1. The highest BCUT2D eigenvalue weighted by molar-refractivity contribution is 6.31. The average Bonchev–Trinajstić information content (AvgIpc) is 2.81. The van der Waals surface area contributed by atoms with Gasteiger partial charge < -0.3 is 15.0 Å². The van der Waals surface area contributed by atoms with Crippen molar-refractivity contribution in [2.75, 3.05) is 19.6 Å². The first-order valence-electron chi connectivity index (χ1n) is 9.14. The minimum Gasteiger partial charge on any atom is -0.483 e. The Kier molecular flexibility index (Phi) is 4.79. The van der Waals surface area contributed by atoms with Crippen LogP contribution in [0, 0.1) is 0 Å². The molecule has 1 spiro atoms. The maximum absolute atomic E-state index is 12.9. The van der Waals surface area contributed by atoms with Crippen LogP contribution in [0.5, 0.6) is 5.75 Å². The first-order chi connectivity index (χ1) is 13.1. The zero-order valence-electron chi connectivity index (χ0n) is 14.9. The molecule has 2 aromatic rings. The van der Waals surface area contributed by atoms with Crippen molar-refractivity contribution >= 4 is 23.4 Å². The van der Waals surface area contributed by atoms with Crippen LogP contribution in [0.25, 0.3) is 0 Å². The molecular weight excluding hydrogens is 364 g/mol. The summed E-state index contributed by atoms with van der Waals surface area (Å²) in [6.07, 6.45) is 1.88. The Labute approximate surface area is 163 Å². The quantitative estimate of drug-likeness (QED) is 0.865. The summed E-state index contributed by atoms with van der Waals surface area (Å²) in [7, 11) is 0. The summed E-state index contributed by atoms with van der Waals surface area (Å²) in [4.78, 5) is 27.0. The molecule has 0 radical (unpaired) electrons. The minimum atomic E-state index is -0.601. The van der Waals surface area contributed by atoms with Gasteiger partial charge in [-0.25, -0.2) is 0 Å². The molecule has 27 heavy (non-hydrogen) atoms. The first kappa shape index (κ1) is 17.9. The lowest BCUT2D eigenvalue weighted by atomic mass is 9.92. The van der Waals surface area contributed by atoms with Crippen molar-refractivity contribution in [3.05, 3.63) is 64.7 Å². The normalized spacial score (nSPS) is 21.8. The molecule has 2 aliphatic heterocycles. The molecule has 6 heteroatoms. The van der Waals surface area contributed by atoms with Gasteiger partial charge in [-0.3, -0.25) is 9.59 Å². The van der Waals surface area contributed by atoms with Gasteiger partial charge in [0.1, 0.15) is 11.4 Å². The molecule has 4 rings (SSSR count). The second-order valence-electron chi connectivity index (χ2n) is 7.15. The van der Waals surface area contributed by atoms with Crippen molar-refractivity contribution in [3.8, 4) is 5.75 Å². The molecule has 5 nitrogen and oxygen atoms in total. The van der Waals surface area contributed by atoms with Gasteiger partial charge in [0.2, 0.25) is 5.91 Å². The molecule has 0 saturated carbocycles. The number of benzene rings is 2. The number of rotatable bonds is 2. The Bertz CT molecular complexity index is 885. The van der Waals surface area contributed by atoms with Gasteiger partial charge in [-0.2, -0.15) is 0 Å². The number of hydrogen-bond acceptors (Lipinski definition) is 3. The maximum atomic E-state index is 12.9. The van der Waals surface area contributed by atoms with E-state index < -0.39 is 5.60 Å². The molecule has 2 heterocycles. The van der Waals surface area contributed by atoms with E-state index in [1.54, 1.807) is 12.1 Å². The predicted octanol–water partition coefficient (Wildman–Crippen LogP) is 3.07. The van der Waals surface area contributed by atoms with E-state index in [2.05, 4.69) is 5.32 Å². The molecule has 1 N–H and O–H groups in total. The molecule has 2 aliphatic rings. The van der Waals surface area contributed by atoms with Crippen molar-refractivity contribution in [1.82, 2.24) is 10.2 Å². The molecule has 1 fully saturated rings. The van der Waals surface area contributed by atoms with E-state index in [1.165, 1.54) is 0 Å². The Balaban J connectivity index is 1.53. The van der Waals surface area contributed by atoms with Crippen molar-refractivity contribution < 1.29 is 14.3 Å². The fraction of sp³-hybridized carbons (Fsp3) is 0.333. The summed E-state index contributed by atoms with van der Waals surface area (Å²) in [6, 6.07) is 14.6. The lowest BCUT2D eigenvalue weighted by Gasteiger charge is -2.42. The highest BCUT2D eigenvalue weighted by Gasteiger charge is 2.42. The van der Waals surface area contributed by atoms with Gasteiger partial charge >= 0.3 is 0 Å². The summed E-state index contributed by atoms with van der Waals surface area (Å²) in [5, 5.41) is 3.56. The molecule has 2 amide bonds.